The molecule has 0 amide bonds. The van der Waals surface area contributed by atoms with Crippen LogP contribution in [0.25, 0.3) is 0 Å². The van der Waals surface area contributed by atoms with E-state index in [-0.39, 0.29) is 0 Å². The van der Waals surface area contributed by atoms with Gasteiger partial charge in [-0.1, -0.05) is 18.6 Å². The molecule has 1 N–H and O–H groups in total. The maximum atomic E-state index is 8.83. The van der Waals surface area contributed by atoms with E-state index in [1.165, 1.54) is 6.08 Å². The van der Waals surface area contributed by atoms with Gasteiger partial charge >= 0.3 is 0 Å². The van der Waals surface area contributed by atoms with Crippen LogP contribution in [0.15, 0.2) is 12.7 Å². The third-order valence-corrected chi connectivity index (χ3v) is 1.18. The van der Waals surface area contributed by atoms with E-state index in [0.717, 1.165) is 12.8 Å². The van der Waals surface area contributed by atoms with Crippen LogP contribution in [-0.2, 0) is 0 Å². The Morgan fingerprint density at radius 2 is 2.40 bits per heavy atom. The van der Waals surface area contributed by atoms with E-state index >= 15 is 0 Å². The Balaban J connectivity index is 3.38. The average Bonchev–Trinajstić information content (AvgIpc) is 1.98. The van der Waals surface area contributed by atoms with Crippen molar-refractivity contribution in [2.75, 3.05) is 5.88 Å². The zero-order valence-electron chi connectivity index (χ0n) is 5.81. The lowest BCUT2D eigenvalue weighted by Gasteiger charge is -1.89. The summed E-state index contributed by atoms with van der Waals surface area (Å²) in [5.41, 5.74) is 0. The van der Waals surface area contributed by atoms with E-state index in [1.807, 2.05) is 0 Å². The molecule has 2 heteroatoms. The summed E-state index contributed by atoms with van der Waals surface area (Å²) in [7, 11) is 0. The van der Waals surface area contributed by atoms with Crippen molar-refractivity contribution < 1.29 is 5.11 Å². The number of halogens is 1. The molecule has 0 aromatic carbocycles. The van der Waals surface area contributed by atoms with E-state index in [9.17, 15) is 0 Å². The Morgan fingerprint density at radius 1 is 1.70 bits per heavy atom. The van der Waals surface area contributed by atoms with Gasteiger partial charge in [0.15, 0.2) is 0 Å². The molecule has 0 fully saturated rings. The molecule has 0 saturated heterocycles. The minimum atomic E-state index is -0.685. The SMILES string of the molecule is C=CC(O)C#CCCCCl. The van der Waals surface area contributed by atoms with Gasteiger partial charge < -0.3 is 5.11 Å². The van der Waals surface area contributed by atoms with Gasteiger partial charge in [0.1, 0.15) is 6.10 Å². The Kier molecular flexibility index (Phi) is 6.37. The normalized spacial score (nSPS) is 11.4. The number of rotatable bonds is 3. The van der Waals surface area contributed by atoms with Crippen molar-refractivity contribution in [1.29, 1.82) is 0 Å². The van der Waals surface area contributed by atoms with Crippen LogP contribution in [0.4, 0.5) is 0 Å². The standard InChI is InChI=1S/C8H11ClO/c1-2-8(10)6-4-3-5-7-9/h2,8,10H,1,3,5,7H2. The highest BCUT2D eigenvalue weighted by Crippen LogP contribution is 1.89. The maximum Gasteiger partial charge on any atom is 0.133 e. The molecular weight excluding hydrogens is 148 g/mol. The Bertz CT molecular complexity index is 143. The molecule has 0 saturated carbocycles. The second-order valence-electron chi connectivity index (χ2n) is 1.79. The Morgan fingerprint density at radius 3 is 2.90 bits per heavy atom. The van der Waals surface area contributed by atoms with Crippen molar-refractivity contribution >= 4 is 11.6 Å². The molecule has 1 atom stereocenters. The highest BCUT2D eigenvalue weighted by atomic mass is 35.5. The third kappa shape index (κ3) is 5.68. The fourth-order valence-electron chi connectivity index (χ4n) is 0.391. The summed E-state index contributed by atoms with van der Waals surface area (Å²) in [6, 6.07) is 0. The molecule has 0 spiro atoms. The summed E-state index contributed by atoms with van der Waals surface area (Å²) in [6.45, 7) is 3.38. The molecule has 0 aromatic heterocycles. The number of alkyl halides is 1. The molecule has 1 unspecified atom stereocenters. The number of aliphatic hydroxyl groups excluding tert-OH is 1. The van der Waals surface area contributed by atoms with Gasteiger partial charge in [0.2, 0.25) is 0 Å². The summed E-state index contributed by atoms with van der Waals surface area (Å²) in [5, 5.41) is 8.83. The van der Waals surface area contributed by atoms with E-state index in [2.05, 4.69) is 18.4 Å². The highest BCUT2D eigenvalue weighted by molar-refractivity contribution is 6.17. The monoisotopic (exact) mass is 158 g/mol. The molecular formula is C8H11ClO. The lowest BCUT2D eigenvalue weighted by atomic mass is 10.3. The van der Waals surface area contributed by atoms with Crippen molar-refractivity contribution in [3.05, 3.63) is 12.7 Å². The number of unbranched alkanes of at least 4 members (excludes halogenated alkanes) is 1. The summed E-state index contributed by atoms with van der Waals surface area (Å²) in [6.07, 6.45) is 2.33. The second-order valence-corrected chi connectivity index (χ2v) is 2.17. The highest BCUT2D eigenvalue weighted by Gasteiger charge is 1.85. The summed E-state index contributed by atoms with van der Waals surface area (Å²) < 4.78 is 0. The van der Waals surface area contributed by atoms with E-state index in [4.69, 9.17) is 16.7 Å². The first kappa shape index (κ1) is 9.55. The quantitative estimate of drug-likeness (QED) is 0.286. The minimum Gasteiger partial charge on any atom is -0.377 e. The summed E-state index contributed by atoms with van der Waals surface area (Å²) in [5.74, 6) is 6.00. The van der Waals surface area contributed by atoms with Crippen LogP contribution in [0.5, 0.6) is 0 Å². The summed E-state index contributed by atoms with van der Waals surface area (Å²) >= 11 is 5.40. The van der Waals surface area contributed by atoms with Crippen molar-refractivity contribution in [2.45, 2.75) is 18.9 Å². The Hall–Kier alpha value is -0.450. The van der Waals surface area contributed by atoms with Crippen molar-refractivity contribution in [3.63, 3.8) is 0 Å². The van der Waals surface area contributed by atoms with Crippen molar-refractivity contribution in [1.82, 2.24) is 0 Å². The lowest BCUT2D eigenvalue weighted by molar-refractivity contribution is 0.281. The molecule has 0 aromatic rings. The molecule has 0 bridgehead atoms. The minimum absolute atomic E-state index is 0.624. The maximum absolute atomic E-state index is 8.83. The smallest absolute Gasteiger partial charge is 0.133 e. The average molecular weight is 159 g/mol. The molecule has 0 aliphatic carbocycles. The first-order chi connectivity index (χ1) is 4.81. The lowest BCUT2D eigenvalue weighted by Crippen LogP contribution is -1.94. The predicted molar refractivity (Wildman–Crippen MR) is 43.9 cm³/mol. The topological polar surface area (TPSA) is 20.2 Å². The first-order valence-electron chi connectivity index (χ1n) is 3.16. The van der Waals surface area contributed by atoms with Gasteiger partial charge in [0.05, 0.1) is 0 Å². The molecule has 0 heterocycles. The van der Waals surface area contributed by atoms with Crippen molar-refractivity contribution in [3.8, 4) is 11.8 Å². The van der Waals surface area contributed by atoms with Crippen LogP contribution in [0, 0.1) is 11.8 Å². The molecule has 56 valence electrons. The third-order valence-electron chi connectivity index (χ3n) is 0.909. The van der Waals surface area contributed by atoms with Crippen LogP contribution < -0.4 is 0 Å². The molecule has 0 radical (unpaired) electrons. The van der Waals surface area contributed by atoms with Crippen LogP contribution in [0.2, 0.25) is 0 Å². The molecule has 0 aliphatic heterocycles. The number of hydrogen-bond donors (Lipinski definition) is 1. The van der Waals surface area contributed by atoms with E-state index in [1.54, 1.807) is 0 Å². The van der Waals surface area contributed by atoms with E-state index < -0.39 is 6.10 Å². The van der Waals surface area contributed by atoms with Gasteiger partial charge in [-0.3, -0.25) is 0 Å². The summed E-state index contributed by atoms with van der Waals surface area (Å²) in [4.78, 5) is 0. The van der Waals surface area contributed by atoms with Crippen molar-refractivity contribution in [2.24, 2.45) is 0 Å². The van der Waals surface area contributed by atoms with Crippen LogP contribution in [0.3, 0.4) is 0 Å². The number of aliphatic hydroxyl groups is 1. The largest absolute Gasteiger partial charge is 0.377 e. The Labute approximate surface area is 66.7 Å². The van der Waals surface area contributed by atoms with Gasteiger partial charge in [-0.05, 0) is 6.42 Å². The first-order valence-corrected chi connectivity index (χ1v) is 3.69. The van der Waals surface area contributed by atoms with Crippen LogP contribution >= 0.6 is 11.6 Å². The zero-order valence-corrected chi connectivity index (χ0v) is 6.56. The van der Waals surface area contributed by atoms with Gasteiger partial charge in [0.25, 0.3) is 0 Å². The zero-order chi connectivity index (χ0) is 7.82. The van der Waals surface area contributed by atoms with Gasteiger partial charge in [0, 0.05) is 12.3 Å². The fraction of sp³-hybridized carbons (Fsp3) is 0.500. The van der Waals surface area contributed by atoms with Crippen LogP contribution in [0.1, 0.15) is 12.8 Å². The van der Waals surface area contributed by atoms with Gasteiger partial charge in [-0.25, -0.2) is 0 Å². The van der Waals surface area contributed by atoms with Crippen LogP contribution in [-0.4, -0.2) is 17.1 Å². The second kappa shape index (κ2) is 6.67. The molecule has 1 nitrogen and oxygen atoms in total. The van der Waals surface area contributed by atoms with Gasteiger partial charge in [-0.2, -0.15) is 0 Å². The molecule has 0 aliphatic rings. The molecule has 10 heavy (non-hydrogen) atoms. The molecule has 0 rings (SSSR count). The predicted octanol–water partition coefficient (Wildman–Crippen LogP) is 1.56. The number of hydrogen-bond acceptors (Lipinski definition) is 1. The van der Waals surface area contributed by atoms with E-state index in [0.29, 0.717) is 5.88 Å². The fourth-order valence-corrected chi connectivity index (χ4v) is 0.524. The van der Waals surface area contributed by atoms with Gasteiger partial charge in [-0.15, -0.1) is 17.5 Å².